The summed E-state index contributed by atoms with van der Waals surface area (Å²) >= 11 is 0. The van der Waals surface area contributed by atoms with E-state index in [2.05, 4.69) is 10.4 Å². The van der Waals surface area contributed by atoms with Gasteiger partial charge in [0.1, 0.15) is 6.04 Å². The molecule has 0 aliphatic carbocycles. The molecule has 1 saturated heterocycles. The number of aromatic nitrogens is 2. The molecule has 6 nitrogen and oxygen atoms in total. The summed E-state index contributed by atoms with van der Waals surface area (Å²) in [6.45, 7) is 3.99. The molecule has 0 saturated carbocycles. The molecular weight excluding hydrogens is 244 g/mol. The summed E-state index contributed by atoms with van der Waals surface area (Å²) in [5.41, 5.74) is 0.764. The minimum atomic E-state index is -0.461. The smallest absolute Gasteiger partial charge is 0.252 e. The molecule has 0 radical (unpaired) electrons. The number of anilines is 1. The van der Waals surface area contributed by atoms with Crippen LogP contribution in [0.3, 0.4) is 0 Å². The van der Waals surface area contributed by atoms with E-state index in [-0.39, 0.29) is 24.3 Å². The van der Waals surface area contributed by atoms with Crippen LogP contribution in [0.5, 0.6) is 0 Å². The van der Waals surface area contributed by atoms with Crippen molar-refractivity contribution in [1.82, 2.24) is 14.7 Å². The predicted molar refractivity (Wildman–Crippen MR) is 71.5 cm³/mol. The number of carbonyl (C=O) groups excluding carboxylic acids is 2. The molecule has 1 aliphatic heterocycles. The maximum atomic E-state index is 12.3. The average molecular weight is 264 g/mol. The number of nitrogens with one attached hydrogen (secondary N) is 1. The van der Waals surface area contributed by atoms with Crippen molar-refractivity contribution in [2.24, 2.45) is 7.05 Å². The average Bonchev–Trinajstić information content (AvgIpc) is 2.89. The maximum Gasteiger partial charge on any atom is 0.252 e. The molecule has 1 aromatic rings. The van der Waals surface area contributed by atoms with Gasteiger partial charge in [0, 0.05) is 19.3 Å². The lowest BCUT2D eigenvalue weighted by Crippen LogP contribution is -2.41. The van der Waals surface area contributed by atoms with E-state index in [9.17, 15) is 9.59 Å². The van der Waals surface area contributed by atoms with Gasteiger partial charge in [-0.1, -0.05) is 13.8 Å². The van der Waals surface area contributed by atoms with E-state index >= 15 is 0 Å². The normalized spacial score (nSPS) is 19.6. The first kappa shape index (κ1) is 13.6. The number of carbonyl (C=O) groups is 2. The van der Waals surface area contributed by atoms with Gasteiger partial charge in [-0.2, -0.15) is 5.10 Å². The van der Waals surface area contributed by atoms with Crippen LogP contribution in [0, 0.1) is 0 Å². The summed E-state index contributed by atoms with van der Waals surface area (Å²) < 4.78 is 1.66. The van der Waals surface area contributed by atoms with Crippen molar-refractivity contribution in [2.75, 3.05) is 5.32 Å². The fraction of sp³-hybridized carbons (Fsp3) is 0.615. The van der Waals surface area contributed by atoms with Crippen molar-refractivity contribution in [2.45, 2.75) is 45.2 Å². The Labute approximate surface area is 112 Å². The van der Waals surface area contributed by atoms with E-state index in [1.807, 2.05) is 20.9 Å². The minimum absolute atomic E-state index is 0.0145. The monoisotopic (exact) mass is 264 g/mol. The van der Waals surface area contributed by atoms with E-state index in [1.54, 1.807) is 17.1 Å². The fourth-order valence-corrected chi connectivity index (χ4v) is 2.50. The molecule has 1 atom stereocenters. The van der Waals surface area contributed by atoms with Crippen molar-refractivity contribution < 1.29 is 9.59 Å². The lowest BCUT2D eigenvalue weighted by molar-refractivity contribution is -0.141. The lowest BCUT2D eigenvalue weighted by atomic mass is 10.1. The first-order valence-electron chi connectivity index (χ1n) is 6.67. The van der Waals surface area contributed by atoms with Gasteiger partial charge in [0.05, 0.1) is 18.3 Å². The van der Waals surface area contributed by atoms with Crippen LogP contribution in [-0.4, -0.2) is 38.6 Å². The highest BCUT2D eigenvalue weighted by Crippen LogP contribution is 2.22. The second-order valence-electron chi connectivity index (χ2n) is 4.88. The summed E-state index contributed by atoms with van der Waals surface area (Å²) in [5.74, 6) is -0.206. The number of imide groups is 1. The molecule has 2 amide bonds. The summed E-state index contributed by atoms with van der Waals surface area (Å²) in [6.07, 6.45) is 5.26. The second-order valence-corrected chi connectivity index (χ2v) is 4.88. The number of aryl methyl sites for hydroxylation is 1. The minimum Gasteiger partial charge on any atom is -0.371 e. The molecule has 0 aromatic carbocycles. The van der Waals surface area contributed by atoms with Crippen LogP contribution in [-0.2, 0) is 16.6 Å². The van der Waals surface area contributed by atoms with Crippen molar-refractivity contribution in [3.05, 3.63) is 12.4 Å². The molecule has 0 spiro atoms. The van der Waals surface area contributed by atoms with Crippen molar-refractivity contribution in [1.29, 1.82) is 0 Å². The van der Waals surface area contributed by atoms with Gasteiger partial charge in [0.25, 0.3) is 5.91 Å². The van der Waals surface area contributed by atoms with Crippen LogP contribution < -0.4 is 5.32 Å². The Morgan fingerprint density at radius 2 is 2.11 bits per heavy atom. The van der Waals surface area contributed by atoms with Gasteiger partial charge in [-0.05, 0) is 12.8 Å². The van der Waals surface area contributed by atoms with Crippen molar-refractivity contribution >= 4 is 17.5 Å². The number of likely N-dealkylation sites (tertiary alicyclic amines) is 1. The van der Waals surface area contributed by atoms with Crippen LogP contribution in [0.15, 0.2) is 12.4 Å². The standard InChI is InChI=1S/C13H20N4O2/c1-4-10(5-2)17-12(18)6-11(13(17)19)15-9-7-14-16(3)8-9/h7-8,10-11,15H,4-6H2,1-3H3. The third-order valence-electron chi connectivity index (χ3n) is 3.54. The zero-order chi connectivity index (χ0) is 14.0. The SMILES string of the molecule is CCC(CC)N1C(=O)CC(Nc2cnn(C)c2)C1=O. The van der Waals surface area contributed by atoms with Gasteiger partial charge in [-0.3, -0.25) is 19.2 Å². The van der Waals surface area contributed by atoms with Gasteiger partial charge >= 0.3 is 0 Å². The zero-order valence-electron chi connectivity index (χ0n) is 11.6. The molecule has 104 valence electrons. The predicted octanol–water partition coefficient (Wildman–Crippen LogP) is 1.15. The van der Waals surface area contributed by atoms with Crippen LogP contribution in [0.2, 0.25) is 0 Å². The maximum absolute atomic E-state index is 12.3. The van der Waals surface area contributed by atoms with Crippen molar-refractivity contribution in [3.63, 3.8) is 0 Å². The van der Waals surface area contributed by atoms with Gasteiger partial charge < -0.3 is 5.32 Å². The quantitative estimate of drug-likeness (QED) is 0.810. The largest absolute Gasteiger partial charge is 0.371 e. The number of hydrogen-bond acceptors (Lipinski definition) is 4. The first-order valence-corrected chi connectivity index (χ1v) is 6.67. The van der Waals surface area contributed by atoms with E-state index in [0.29, 0.717) is 0 Å². The highest BCUT2D eigenvalue weighted by molar-refractivity contribution is 6.07. The summed E-state index contributed by atoms with van der Waals surface area (Å²) in [6, 6.07) is -0.446. The lowest BCUT2D eigenvalue weighted by Gasteiger charge is -2.24. The second kappa shape index (κ2) is 5.42. The van der Waals surface area contributed by atoms with Crippen LogP contribution in [0.25, 0.3) is 0 Å². The Morgan fingerprint density at radius 1 is 1.42 bits per heavy atom. The summed E-state index contributed by atoms with van der Waals surface area (Å²) in [4.78, 5) is 25.7. The Morgan fingerprint density at radius 3 is 2.63 bits per heavy atom. The molecular formula is C13H20N4O2. The molecule has 2 heterocycles. The third-order valence-corrected chi connectivity index (χ3v) is 3.54. The van der Waals surface area contributed by atoms with E-state index in [0.717, 1.165) is 18.5 Å². The molecule has 1 unspecified atom stereocenters. The van der Waals surface area contributed by atoms with Gasteiger partial charge in [0.15, 0.2) is 0 Å². The molecule has 1 aromatic heterocycles. The van der Waals surface area contributed by atoms with Gasteiger partial charge in [-0.25, -0.2) is 0 Å². The van der Waals surface area contributed by atoms with Gasteiger partial charge in [0.2, 0.25) is 5.91 Å². The number of rotatable bonds is 5. The summed E-state index contributed by atoms with van der Waals surface area (Å²) in [5, 5.41) is 7.11. The number of nitrogens with zero attached hydrogens (tertiary/aromatic N) is 3. The van der Waals surface area contributed by atoms with Crippen LogP contribution in [0.4, 0.5) is 5.69 Å². The van der Waals surface area contributed by atoms with Crippen LogP contribution >= 0.6 is 0 Å². The molecule has 1 fully saturated rings. The van der Waals surface area contributed by atoms with Crippen molar-refractivity contribution in [3.8, 4) is 0 Å². The van der Waals surface area contributed by atoms with Gasteiger partial charge in [-0.15, -0.1) is 0 Å². The Balaban J connectivity index is 2.09. The van der Waals surface area contributed by atoms with E-state index in [4.69, 9.17) is 0 Å². The Hall–Kier alpha value is -1.85. The molecule has 2 rings (SSSR count). The number of amides is 2. The first-order chi connectivity index (χ1) is 9.06. The highest BCUT2D eigenvalue weighted by atomic mass is 16.2. The molecule has 1 N–H and O–H groups in total. The zero-order valence-corrected chi connectivity index (χ0v) is 11.6. The molecule has 0 bridgehead atoms. The Kier molecular flexibility index (Phi) is 3.87. The molecule has 19 heavy (non-hydrogen) atoms. The van der Waals surface area contributed by atoms with E-state index in [1.165, 1.54) is 4.90 Å². The topological polar surface area (TPSA) is 67.2 Å². The van der Waals surface area contributed by atoms with E-state index < -0.39 is 6.04 Å². The highest BCUT2D eigenvalue weighted by Gasteiger charge is 2.41. The summed E-state index contributed by atoms with van der Waals surface area (Å²) in [7, 11) is 1.81. The Bertz CT molecular complexity index is 479. The van der Waals surface area contributed by atoms with Crippen LogP contribution in [0.1, 0.15) is 33.1 Å². The molecule has 6 heteroatoms. The molecule has 1 aliphatic rings. The fourth-order valence-electron chi connectivity index (χ4n) is 2.50. The third kappa shape index (κ3) is 2.62. The number of hydrogen-bond donors (Lipinski definition) is 1.